The van der Waals surface area contributed by atoms with Crippen LogP contribution in [0, 0.1) is 0 Å². The van der Waals surface area contributed by atoms with E-state index in [4.69, 9.17) is 10.2 Å². The minimum atomic E-state index is -1.01. The second kappa shape index (κ2) is 1.89. The van der Waals surface area contributed by atoms with E-state index in [-0.39, 0.29) is 7.43 Å². The van der Waals surface area contributed by atoms with Gasteiger partial charge in [0.2, 0.25) is 11.5 Å². The van der Waals surface area contributed by atoms with Crippen LogP contribution in [0.15, 0.2) is 9.59 Å². The van der Waals surface area contributed by atoms with Crippen molar-refractivity contribution in [3.05, 3.63) is 20.4 Å². The maximum atomic E-state index is 9.95. The topological polar surface area (TPSA) is 74.6 Å². The molecule has 0 bridgehead atoms. The summed E-state index contributed by atoms with van der Waals surface area (Å²) in [7, 11) is 0. The smallest absolute Gasteiger partial charge is 0.275 e. The third kappa shape index (κ3) is 0.679. The van der Waals surface area contributed by atoms with Crippen molar-refractivity contribution in [2.45, 2.75) is 7.43 Å². The molecule has 0 atom stereocenters. The second-order valence-corrected chi connectivity index (χ2v) is 1.36. The van der Waals surface area contributed by atoms with Crippen molar-refractivity contribution in [1.29, 1.82) is 0 Å². The molecule has 1 aromatic carbocycles. The first-order chi connectivity index (χ1) is 3.64. The molecule has 0 aromatic heterocycles. The normalized spacial score (nSPS) is 8.89. The fourth-order valence-corrected chi connectivity index (χ4v) is 0.368. The van der Waals surface area contributed by atoms with E-state index >= 15 is 0 Å². The minimum Gasteiger partial charge on any atom is -0.501 e. The molecule has 0 fully saturated rings. The molecule has 2 N–H and O–H groups in total. The molecule has 4 heteroatoms. The van der Waals surface area contributed by atoms with Gasteiger partial charge < -0.3 is 10.2 Å². The lowest BCUT2D eigenvalue weighted by molar-refractivity contribution is 0.384. The lowest BCUT2D eigenvalue weighted by Gasteiger charge is -1.92. The quantitative estimate of drug-likeness (QED) is 0.457. The molecule has 1 aromatic rings. The van der Waals surface area contributed by atoms with Crippen molar-refractivity contribution < 1.29 is 10.2 Å². The van der Waals surface area contributed by atoms with Crippen LogP contribution in [0.25, 0.3) is 0 Å². The lowest BCUT2D eigenvalue weighted by atomic mass is 10.2. The van der Waals surface area contributed by atoms with Crippen molar-refractivity contribution >= 4 is 0 Å². The predicted molar refractivity (Wildman–Crippen MR) is 31.4 cm³/mol. The van der Waals surface area contributed by atoms with E-state index in [1.807, 2.05) is 0 Å². The highest BCUT2D eigenvalue weighted by Gasteiger charge is 2.17. The molecule has 9 heavy (non-hydrogen) atoms. The molecule has 0 spiro atoms. The van der Waals surface area contributed by atoms with Gasteiger partial charge in [-0.2, -0.15) is 0 Å². The van der Waals surface area contributed by atoms with Crippen LogP contribution in [0.1, 0.15) is 7.43 Å². The zero-order chi connectivity index (χ0) is 6.31. The van der Waals surface area contributed by atoms with Crippen molar-refractivity contribution in [1.82, 2.24) is 0 Å². The Morgan fingerprint density at radius 2 is 1.11 bits per heavy atom. The average Bonchev–Trinajstić information content (AvgIpc) is 1.83. The van der Waals surface area contributed by atoms with E-state index in [0.29, 0.717) is 0 Å². The highest BCUT2D eigenvalue weighted by molar-refractivity contribution is 5.42. The summed E-state index contributed by atoms with van der Waals surface area (Å²) >= 11 is 0. The van der Waals surface area contributed by atoms with E-state index in [2.05, 4.69) is 0 Å². The van der Waals surface area contributed by atoms with Gasteiger partial charge in [0, 0.05) is 0 Å². The van der Waals surface area contributed by atoms with Crippen LogP contribution in [-0.2, 0) is 0 Å². The van der Waals surface area contributed by atoms with Crippen LogP contribution in [0.4, 0.5) is 0 Å². The van der Waals surface area contributed by atoms with Crippen molar-refractivity contribution in [3.8, 4) is 11.5 Å². The maximum absolute atomic E-state index is 9.95. The standard InChI is InChI=1S/C4H2O4.CH4/c5-1-2(6)4(8)3(1)7;/h5-6H;1H4. The summed E-state index contributed by atoms with van der Waals surface area (Å²) in [6.07, 6.45) is 0. The fourth-order valence-electron chi connectivity index (χ4n) is 0.368. The SMILES string of the molecule is C.O=c1c(O)c(O)c1=O. The van der Waals surface area contributed by atoms with Gasteiger partial charge in [-0.15, -0.1) is 0 Å². The number of hydrogen-bond acceptors (Lipinski definition) is 4. The summed E-state index contributed by atoms with van der Waals surface area (Å²) in [5.74, 6) is -1.65. The monoisotopic (exact) mass is 130 g/mol. The van der Waals surface area contributed by atoms with E-state index in [9.17, 15) is 9.59 Å². The Hall–Kier alpha value is -1.32. The van der Waals surface area contributed by atoms with Crippen molar-refractivity contribution in [2.75, 3.05) is 0 Å². The molecule has 50 valence electrons. The Bertz CT molecular complexity index is 249. The van der Waals surface area contributed by atoms with Crippen LogP contribution in [0.3, 0.4) is 0 Å². The number of aromatic hydroxyl groups is 2. The molecule has 0 aliphatic carbocycles. The van der Waals surface area contributed by atoms with Gasteiger partial charge in [0.15, 0.2) is 0 Å². The van der Waals surface area contributed by atoms with Gasteiger partial charge in [0.1, 0.15) is 0 Å². The fraction of sp³-hybridized carbons (Fsp3) is 0.200. The molecule has 0 saturated carbocycles. The first-order valence-corrected chi connectivity index (χ1v) is 1.86. The first-order valence-electron chi connectivity index (χ1n) is 1.86. The van der Waals surface area contributed by atoms with E-state index in [1.165, 1.54) is 0 Å². The molecule has 0 amide bonds. The minimum absolute atomic E-state index is 0. The Labute approximate surface area is 50.7 Å². The van der Waals surface area contributed by atoms with Gasteiger partial charge in [-0.3, -0.25) is 9.59 Å². The molecule has 0 saturated heterocycles. The zero-order valence-corrected chi connectivity index (χ0v) is 3.71. The van der Waals surface area contributed by atoms with Crippen LogP contribution < -0.4 is 10.9 Å². The third-order valence-corrected chi connectivity index (χ3v) is 0.861. The summed E-state index contributed by atoms with van der Waals surface area (Å²) < 4.78 is 0. The Kier molecular flexibility index (Phi) is 1.61. The zero-order valence-electron chi connectivity index (χ0n) is 3.71. The molecule has 0 radical (unpaired) electrons. The Morgan fingerprint density at radius 3 is 1.22 bits per heavy atom. The highest BCUT2D eigenvalue weighted by atomic mass is 16.3. The second-order valence-electron chi connectivity index (χ2n) is 1.36. The number of rotatable bonds is 0. The molecular weight excluding hydrogens is 124 g/mol. The summed E-state index contributed by atoms with van der Waals surface area (Å²) in [5, 5.41) is 16.4. The Morgan fingerprint density at radius 1 is 0.889 bits per heavy atom. The van der Waals surface area contributed by atoms with Crippen LogP contribution in [0.2, 0.25) is 0 Å². The van der Waals surface area contributed by atoms with Gasteiger partial charge >= 0.3 is 0 Å². The maximum Gasteiger partial charge on any atom is 0.275 e. The van der Waals surface area contributed by atoms with Gasteiger partial charge in [-0.25, -0.2) is 0 Å². The largest absolute Gasteiger partial charge is 0.501 e. The molecule has 0 heterocycles. The molecule has 0 aliphatic rings. The molecule has 0 unspecified atom stereocenters. The molecule has 0 aliphatic heterocycles. The average molecular weight is 130 g/mol. The van der Waals surface area contributed by atoms with Gasteiger partial charge in [0.25, 0.3) is 10.9 Å². The van der Waals surface area contributed by atoms with E-state index < -0.39 is 22.4 Å². The summed E-state index contributed by atoms with van der Waals surface area (Å²) in [6.45, 7) is 0. The summed E-state index contributed by atoms with van der Waals surface area (Å²) in [4.78, 5) is 19.9. The molecular formula is C5H6O4. The Balaban J connectivity index is 0.000000640. The number of hydrogen-bond donors (Lipinski definition) is 2. The third-order valence-electron chi connectivity index (χ3n) is 0.861. The predicted octanol–water partition coefficient (Wildman–Crippen LogP) is -0.670. The lowest BCUT2D eigenvalue weighted by Crippen LogP contribution is -2.28. The molecule has 1 rings (SSSR count). The van der Waals surface area contributed by atoms with E-state index in [1.54, 1.807) is 0 Å². The molecule has 4 nitrogen and oxygen atoms in total. The first kappa shape index (κ1) is 7.68. The van der Waals surface area contributed by atoms with E-state index in [0.717, 1.165) is 0 Å². The van der Waals surface area contributed by atoms with Crippen molar-refractivity contribution in [2.24, 2.45) is 0 Å². The van der Waals surface area contributed by atoms with Gasteiger partial charge in [-0.05, 0) is 0 Å². The highest BCUT2D eigenvalue weighted by Crippen LogP contribution is 2.13. The van der Waals surface area contributed by atoms with Gasteiger partial charge in [-0.1, -0.05) is 7.43 Å². The van der Waals surface area contributed by atoms with Crippen molar-refractivity contribution in [3.63, 3.8) is 0 Å². The van der Waals surface area contributed by atoms with Crippen LogP contribution >= 0.6 is 0 Å². The van der Waals surface area contributed by atoms with Crippen LogP contribution in [-0.4, -0.2) is 10.2 Å². The van der Waals surface area contributed by atoms with Crippen LogP contribution in [0.5, 0.6) is 11.5 Å². The van der Waals surface area contributed by atoms with Gasteiger partial charge in [0.05, 0.1) is 0 Å². The summed E-state index contributed by atoms with van der Waals surface area (Å²) in [6, 6.07) is 0. The summed E-state index contributed by atoms with van der Waals surface area (Å²) in [5.41, 5.74) is -2.02.